The van der Waals surface area contributed by atoms with Crippen LogP contribution in [0.2, 0.25) is 0 Å². The molecule has 0 bridgehead atoms. The van der Waals surface area contributed by atoms with Gasteiger partial charge < -0.3 is 16.0 Å². The van der Waals surface area contributed by atoms with Crippen LogP contribution >= 0.6 is 0 Å². The molecule has 3 N–H and O–H groups in total. The zero-order valence-electron chi connectivity index (χ0n) is 11.6. The van der Waals surface area contributed by atoms with Crippen molar-refractivity contribution in [2.24, 2.45) is 5.73 Å². The van der Waals surface area contributed by atoms with E-state index in [1.54, 1.807) is 12.1 Å². The first-order chi connectivity index (χ1) is 9.70. The first-order valence-electron chi connectivity index (χ1n) is 7.05. The van der Waals surface area contributed by atoms with E-state index in [4.69, 9.17) is 5.73 Å². The minimum Gasteiger partial charge on any atom is -0.352 e. The standard InChI is InChI=1S/C15H21N3O2/c16-11-12-4-3-5-13(10-12)15(20)17-7-6-14(19)18-8-1-2-9-18/h3-5,10H,1-2,6-9,11,16H2,(H,17,20). The van der Waals surface area contributed by atoms with Crippen molar-refractivity contribution in [2.45, 2.75) is 25.8 Å². The summed E-state index contributed by atoms with van der Waals surface area (Å²) in [6.07, 6.45) is 2.54. The molecule has 1 fully saturated rings. The number of carbonyl (C=O) groups excluding carboxylic acids is 2. The van der Waals surface area contributed by atoms with Crippen molar-refractivity contribution >= 4 is 11.8 Å². The van der Waals surface area contributed by atoms with E-state index >= 15 is 0 Å². The highest BCUT2D eigenvalue weighted by atomic mass is 16.2. The SMILES string of the molecule is NCc1cccc(C(=O)NCCC(=O)N2CCCC2)c1. The van der Waals surface area contributed by atoms with Gasteiger partial charge in [-0.25, -0.2) is 0 Å². The van der Waals surface area contributed by atoms with E-state index in [2.05, 4.69) is 5.32 Å². The molecule has 0 aliphatic carbocycles. The van der Waals surface area contributed by atoms with Crippen molar-refractivity contribution < 1.29 is 9.59 Å². The summed E-state index contributed by atoms with van der Waals surface area (Å²) >= 11 is 0. The number of nitrogens with zero attached hydrogens (tertiary/aromatic N) is 1. The molecule has 2 rings (SSSR count). The van der Waals surface area contributed by atoms with Crippen LogP contribution in [0.25, 0.3) is 0 Å². The Kier molecular flexibility index (Phi) is 5.12. The predicted molar refractivity (Wildman–Crippen MR) is 77.1 cm³/mol. The molecule has 1 aliphatic heterocycles. The zero-order valence-corrected chi connectivity index (χ0v) is 11.6. The molecular weight excluding hydrogens is 254 g/mol. The fraction of sp³-hybridized carbons (Fsp3) is 0.467. The summed E-state index contributed by atoms with van der Waals surface area (Å²) < 4.78 is 0. The lowest BCUT2D eigenvalue weighted by Gasteiger charge is -2.15. The molecule has 0 radical (unpaired) electrons. The highest BCUT2D eigenvalue weighted by molar-refractivity contribution is 5.94. The molecule has 1 aliphatic rings. The summed E-state index contributed by atoms with van der Waals surface area (Å²) in [6, 6.07) is 7.22. The molecule has 1 aromatic rings. The fourth-order valence-electron chi connectivity index (χ4n) is 2.35. The molecule has 5 nitrogen and oxygen atoms in total. The number of benzene rings is 1. The second-order valence-corrected chi connectivity index (χ2v) is 5.00. The van der Waals surface area contributed by atoms with Crippen molar-refractivity contribution in [1.29, 1.82) is 0 Å². The van der Waals surface area contributed by atoms with Crippen LogP contribution in [0.3, 0.4) is 0 Å². The van der Waals surface area contributed by atoms with Gasteiger partial charge in [-0.2, -0.15) is 0 Å². The lowest BCUT2D eigenvalue weighted by molar-refractivity contribution is -0.129. The van der Waals surface area contributed by atoms with Crippen molar-refractivity contribution in [1.82, 2.24) is 10.2 Å². The van der Waals surface area contributed by atoms with Gasteiger partial charge >= 0.3 is 0 Å². The Morgan fingerprint density at radius 1 is 1.25 bits per heavy atom. The summed E-state index contributed by atoms with van der Waals surface area (Å²) in [6.45, 7) is 2.49. The third-order valence-corrected chi connectivity index (χ3v) is 3.51. The van der Waals surface area contributed by atoms with E-state index < -0.39 is 0 Å². The molecule has 5 heteroatoms. The third kappa shape index (κ3) is 3.81. The smallest absolute Gasteiger partial charge is 0.251 e. The van der Waals surface area contributed by atoms with E-state index in [1.165, 1.54) is 0 Å². The summed E-state index contributed by atoms with van der Waals surface area (Å²) in [5.41, 5.74) is 7.05. The van der Waals surface area contributed by atoms with Gasteiger partial charge in [-0.1, -0.05) is 12.1 Å². The van der Waals surface area contributed by atoms with Gasteiger partial charge in [0.2, 0.25) is 5.91 Å². The van der Waals surface area contributed by atoms with Crippen LogP contribution in [0.5, 0.6) is 0 Å². The quantitative estimate of drug-likeness (QED) is 0.838. The highest BCUT2D eigenvalue weighted by Crippen LogP contribution is 2.08. The zero-order chi connectivity index (χ0) is 14.4. The number of likely N-dealkylation sites (tertiary alicyclic amines) is 1. The predicted octanol–water partition coefficient (Wildman–Crippen LogP) is 0.888. The van der Waals surface area contributed by atoms with Crippen LogP contribution in [0.15, 0.2) is 24.3 Å². The molecule has 1 aromatic carbocycles. The third-order valence-electron chi connectivity index (χ3n) is 3.51. The van der Waals surface area contributed by atoms with Crippen LogP contribution in [0, 0.1) is 0 Å². The number of nitrogens with one attached hydrogen (secondary N) is 1. The molecule has 0 saturated carbocycles. The Morgan fingerprint density at radius 3 is 2.70 bits per heavy atom. The highest BCUT2D eigenvalue weighted by Gasteiger charge is 2.17. The average molecular weight is 275 g/mol. The van der Waals surface area contributed by atoms with E-state index in [1.807, 2.05) is 17.0 Å². The number of hydrogen-bond acceptors (Lipinski definition) is 3. The molecule has 1 saturated heterocycles. The molecule has 1 heterocycles. The van der Waals surface area contributed by atoms with Gasteiger partial charge in [0.1, 0.15) is 0 Å². The molecule has 0 unspecified atom stereocenters. The maximum absolute atomic E-state index is 11.9. The van der Waals surface area contributed by atoms with E-state index in [0.717, 1.165) is 31.5 Å². The Hall–Kier alpha value is -1.88. The Balaban J connectivity index is 1.78. The molecule has 20 heavy (non-hydrogen) atoms. The normalized spacial score (nSPS) is 14.3. The van der Waals surface area contributed by atoms with Gasteiger partial charge in [0.25, 0.3) is 5.91 Å². The number of amides is 2. The topological polar surface area (TPSA) is 75.4 Å². The van der Waals surface area contributed by atoms with Crippen LogP contribution in [0.1, 0.15) is 35.2 Å². The molecule has 108 valence electrons. The minimum absolute atomic E-state index is 0.124. The maximum atomic E-state index is 11.9. The van der Waals surface area contributed by atoms with Crippen LogP contribution in [0.4, 0.5) is 0 Å². The van der Waals surface area contributed by atoms with Gasteiger partial charge in [0.05, 0.1) is 0 Å². The van der Waals surface area contributed by atoms with Crippen LogP contribution < -0.4 is 11.1 Å². The molecule has 0 spiro atoms. The maximum Gasteiger partial charge on any atom is 0.251 e. The summed E-state index contributed by atoms with van der Waals surface area (Å²) in [5, 5.41) is 2.78. The first kappa shape index (κ1) is 14.5. The number of hydrogen-bond donors (Lipinski definition) is 2. The second kappa shape index (κ2) is 7.05. The second-order valence-electron chi connectivity index (χ2n) is 5.00. The fourth-order valence-corrected chi connectivity index (χ4v) is 2.35. The van der Waals surface area contributed by atoms with Crippen molar-refractivity contribution in [2.75, 3.05) is 19.6 Å². The summed E-state index contributed by atoms with van der Waals surface area (Å²) in [5.74, 6) is -0.0342. The summed E-state index contributed by atoms with van der Waals surface area (Å²) in [7, 11) is 0. The molecule has 2 amide bonds. The largest absolute Gasteiger partial charge is 0.352 e. The van der Waals surface area contributed by atoms with Crippen LogP contribution in [-0.4, -0.2) is 36.3 Å². The van der Waals surface area contributed by atoms with Crippen LogP contribution in [-0.2, 0) is 11.3 Å². The van der Waals surface area contributed by atoms with E-state index in [9.17, 15) is 9.59 Å². The average Bonchev–Trinajstić information content (AvgIpc) is 3.01. The Bertz CT molecular complexity index is 482. The van der Waals surface area contributed by atoms with Gasteiger partial charge in [-0.3, -0.25) is 9.59 Å². The van der Waals surface area contributed by atoms with E-state index in [-0.39, 0.29) is 11.8 Å². The van der Waals surface area contributed by atoms with Crippen molar-refractivity contribution in [3.63, 3.8) is 0 Å². The Morgan fingerprint density at radius 2 is 2.00 bits per heavy atom. The molecule has 0 atom stereocenters. The van der Waals surface area contributed by atoms with Gasteiger partial charge in [-0.05, 0) is 30.5 Å². The molecular formula is C15H21N3O2. The van der Waals surface area contributed by atoms with Gasteiger partial charge in [0.15, 0.2) is 0 Å². The number of rotatable bonds is 5. The van der Waals surface area contributed by atoms with Crippen molar-refractivity contribution in [3.8, 4) is 0 Å². The Labute approximate surface area is 119 Å². The van der Waals surface area contributed by atoms with Gasteiger partial charge in [0, 0.05) is 38.2 Å². The minimum atomic E-state index is -0.158. The summed E-state index contributed by atoms with van der Waals surface area (Å²) in [4.78, 5) is 25.6. The first-order valence-corrected chi connectivity index (χ1v) is 7.05. The lowest BCUT2D eigenvalue weighted by atomic mass is 10.1. The number of nitrogens with two attached hydrogens (primary N) is 1. The number of carbonyl (C=O) groups is 2. The van der Waals surface area contributed by atoms with Crippen molar-refractivity contribution in [3.05, 3.63) is 35.4 Å². The molecule has 0 aromatic heterocycles. The van der Waals surface area contributed by atoms with E-state index in [0.29, 0.717) is 25.1 Å². The lowest BCUT2D eigenvalue weighted by Crippen LogP contribution is -2.32. The van der Waals surface area contributed by atoms with Gasteiger partial charge in [-0.15, -0.1) is 0 Å². The monoisotopic (exact) mass is 275 g/mol.